The van der Waals surface area contributed by atoms with E-state index in [1.807, 2.05) is 0 Å². The molecule has 6 heteroatoms. The molecule has 0 unspecified atom stereocenters. The van der Waals surface area contributed by atoms with Crippen LogP contribution < -0.4 is 5.32 Å². The van der Waals surface area contributed by atoms with Gasteiger partial charge < -0.3 is 10.2 Å². The lowest BCUT2D eigenvalue weighted by atomic mass is 9.96. The van der Waals surface area contributed by atoms with Crippen molar-refractivity contribution in [1.29, 1.82) is 0 Å². The van der Waals surface area contributed by atoms with Gasteiger partial charge in [-0.3, -0.25) is 14.9 Å². The fourth-order valence-corrected chi connectivity index (χ4v) is 2.62. The minimum Gasteiger partial charge on any atom is -0.339 e. The van der Waals surface area contributed by atoms with Gasteiger partial charge in [-0.05, 0) is 37.9 Å². The van der Waals surface area contributed by atoms with E-state index < -0.39 is 4.92 Å². The Bertz CT molecular complexity index is 511. The van der Waals surface area contributed by atoms with Crippen LogP contribution in [0.2, 0.25) is 0 Å². The number of amides is 1. The van der Waals surface area contributed by atoms with Gasteiger partial charge in [-0.15, -0.1) is 0 Å². The third-order valence-corrected chi connectivity index (χ3v) is 3.89. The Morgan fingerprint density at radius 2 is 2.14 bits per heavy atom. The number of nitrogens with zero attached hydrogens (tertiary/aromatic N) is 2. The largest absolute Gasteiger partial charge is 0.339 e. The molecule has 1 aliphatic rings. The molecule has 1 aromatic rings. The minimum absolute atomic E-state index is 0.0390. The molecule has 6 nitrogen and oxygen atoms in total. The molecule has 1 aliphatic heterocycles. The quantitative estimate of drug-likeness (QED) is 0.665. The van der Waals surface area contributed by atoms with Gasteiger partial charge in [0.25, 0.3) is 11.6 Å². The standard InChI is InChI=1S/C15H21N3O3/c1-2-16-11-12-6-8-17(9-7-12)15(19)13-4-3-5-14(10-13)18(20)21/h3-5,10,12,16H,2,6-9,11H2,1H3. The number of non-ortho nitro benzene ring substituents is 1. The summed E-state index contributed by atoms with van der Waals surface area (Å²) in [5, 5.41) is 14.1. The van der Waals surface area contributed by atoms with Crippen LogP contribution in [0, 0.1) is 16.0 Å². The van der Waals surface area contributed by atoms with Crippen LogP contribution in [0.15, 0.2) is 24.3 Å². The maximum absolute atomic E-state index is 12.4. The van der Waals surface area contributed by atoms with Gasteiger partial charge in [0.2, 0.25) is 0 Å². The molecule has 0 aromatic heterocycles. The molecule has 1 amide bonds. The van der Waals surface area contributed by atoms with Gasteiger partial charge in [-0.25, -0.2) is 0 Å². The van der Waals surface area contributed by atoms with Crippen molar-refractivity contribution < 1.29 is 9.72 Å². The Kier molecular flexibility index (Phi) is 5.27. The van der Waals surface area contributed by atoms with Crippen molar-refractivity contribution in [3.8, 4) is 0 Å². The van der Waals surface area contributed by atoms with Gasteiger partial charge in [0.1, 0.15) is 0 Å². The molecule has 114 valence electrons. The number of nitrogens with one attached hydrogen (secondary N) is 1. The van der Waals surface area contributed by atoms with Crippen molar-refractivity contribution in [1.82, 2.24) is 10.2 Å². The van der Waals surface area contributed by atoms with Crippen molar-refractivity contribution in [2.45, 2.75) is 19.8 Å². The van der Waals surface area contributed by atoms with Crippen LogP contribution in [-0.2, 0) is 0 Å². The van der Waals surface area contributed by atoms with Crippen LogP contribution in [0.1, 0.15) is 30.1 Å². The molecular formula is C15H21N3O3. The predicted molar refractivity (Wildman–Crippen MR) is 80.3 cm³/mol. The highest BCUT2D eigenvalue weighted by atomic mass is 16.6. The molecule has 2 rings (SSSR count). The summed E-state index contributed by atoms with van der Waals surface area (Å²) in [7, 11) is 0. The predicted octanol–water partition coefficient (Wildman–Crippen LogP) is 2.06. The second-order valence-corrected chi connectivity index (χ2v) is 5.35. The Morgan fingerprint density at radius 1 is 1.43 bits per heavy atom. The van der Waals surface area contributed by atoms with E-state index in [2.05, 4.69) is 12.2 Å². The third-order valence-electron chi connectivity index (χ3n) is 3.89. The van der Waals surface area contributed by atoms with Crippen molar-refractivity contribution in [2.75, 3.05) is 26.2 Å². The summed E-state index contributed by atoms with van der Waals surface area (Å²) in [4.78, 5) is 24.5. The molecule has 21 heavy (non-hydrogen) atoms. The lowest BCUT2D eigenvalue weighted by Gasteiger charge is -2.32. The molecule has 0 bridgehead atoms. The molecule has 0 atom stereocenters. The van der Waals surface area contributed by atoms with E-state index in [0.717, 1.165) is 39.0 Å². The Hall–Kier alpha value is -1.95. The fraction of sp³-hybridized carbons (Fsp3) is 0.533. The maximum Gasteiger partial charge on any atom is 0.270 e. The molecule has 0 aliphatic carbocycles. The second-order valence-electron chi connectivity index (χ2n) is 5.35. The topological polar surface area (TPSA) is 75.5 Å². The molecule has 1 saturated heterocycles. The molecule has 1 N–H and O–H groups in total. The number of benzene rings is 1. The summed E-state index contributed by atoms with van der Waals surface area (Å²) in [5.41, 5.74) is 0.359. The fourth-order valence-electron chi connectivity index (χ4n) is 2.62. The van der Waals surface area contributed by atoms with Gasteiger partial charge in [0, 0.05) is 30.8 Å². The monoisotopic (exact) mass is 291 g/mol. The summed E-state index contributed by atoms with van der Waals surface area (Å²) < 4.78 is 0. The smallest absolute Gasteiger partial charge is 0.270 e. The number of rotatable bonds is 5. The lowest BCUT2D eigenvalue weighted by Crippen LogP contribution is -2.40. The Morgan fingerprint density at radius 3 is 2.76 bits per heavy atom. The van der Waals surface area contributed by atoms with Gasteiger partial charge in [-0.1, -0.05) is 13.0 Å². The molecule has 0 spiro atoms. The van der Waals surface area contributed by atoms with Crippen molar-refractivity contribution in [3.63, 3.8) is 0 Å². The minimum atomic E-state index is -0.473. The number of carbonyl (C=O) groups is 1. The van der Waals surface area contributed by atoms with Crippen LogP contribution in [0.3, 0.4) is 0 Å². The number of hydrogen-bond acceptors (Lipinski definition) is 4. The number of carbonyl (C=O) groups excluding carboxylic acids is 1. The number of hydrogen-bond donors (Lipinski definition) is 1. The van der Waals surface area contributed by atoms with Crippen LogP contribution in [0.4, 0.5) is 5.69 Å². The van der Waals surface area contributed by atoms with Crippen LogP contribution in [0.5, 0.6) is 0 Å². The molecule has 1 aromatic carbocycles. The van der Waals surface area contributed by atoms with Gasteiger partial charge >= 0.3 is 0 Å². The van der Waals surface area contributed by atoms with Gasteiger partial charge in [0.05, 0.1) is 4.92 Å². The lowest BCUT2D eigenvalue weighted by molar-refractivity contribution is -0.384. The van der Waals surface area contributed by atoms with Gasteiger partial charge in [-0.2, -0.15) is 0 Å². The van der Waals surface area contributed by atoms with Crippen molar-refractivity contribution in [2.24, 2.45) is 5.92 Å². The number of nitro benzene ring substituents is 1. The third kappa shape index (κ3) is 4.01. The highest BCUT2D eigenvalue weighted by Crippen LogP contribution is 2.20. The van der Waals surface area contributed by atoms with E-state index in [0.29, 0.717) is 11.5 Å². The van der Waals surface area contributed by atoms with E-state index >= 15 is 0 Å². The Labute approximate surface area is 124 Å². The highest BCUT2D eigenvalue weighted by molar-refractivity contribution is 5.94. The second kappa shape index (κ2) is 7.17. The summed E-state index contributed by atoms with van der Waals surface area (Å²) in [6.45, 7) is 5.48. The van der Waals surface area contributed by atoms with E-state index in [1.54, 1.807) is 17.0 Å². The maximum atomic E-state index is 12.4. The van der Waals surface area contributed by atoms with Crippen LogP contribution >= 0.6 is 0 Å². The first-order valence-electron chi connectivity index (χ1n) is 7.36. The summed E-state index contributed by atoms with van der Waals surface area (Å²) in [5.74, 6) is 0.500. The normalized spacial score (nSPS) is 16.0. The van der Waals surface area contributed by atoms with Gasteiger partial charge in [0.15, 0.2) is 0 Å². The molecular weight excluding hydrogens is 270 g/mol. The highest BCUT2D eigenvalue weighted by Gasteiger charge is 2.24. The molecule has 0 radical (unpaired) electrons. The first kappa shape index (κ1) is 15.4. The summed E-state index contributed by atoms with van der Waals surface area (Å²) in [6, 6.07) is 5.95. The van der Waals surface area contributed by atoms with Crippen LogP contribution in [-0.4, -0.2) is 41.9 Å². The zero-order chi connectivity index (χ0) is 15.2. The number of nitro groups is 1. The molecule has 0 saturated carbocycles. The Balaban J connectivity index is 1.95. The summed E-state index contributed by atoms with van der Waals surface area (Å²) in [6.07, 6.45) is 1.96. The molecule has 1 heterocycles. The van der Waals surface area contributed by atoms with E-state index in [9.17, 15) is 14.9 Å². The van der Waals surface area contributed by atoms with Crippen LogP contribution in [0.25, 0.3) is 0 Å². The zero-order valence-electron chi connectivity index (χ0n) is 12.2. The molecule has 1 fully saturated rings. The number of piperidine rings is 1. The number of likely N-dealkylation sites (tertiary alicyclic amines) is 1. The van der Waals surface area contributed by atoms with E-state index in [4.69, 9.17) is 0 Å². The SMILES string of the molecule is CCNCC1CCN(C(=O)c2cccc([N+](=O)[O-])c2)CC1. The summed E-state index contributed by atoms with van der Waals surface area (Å²) >= 11 is 0. The van der Waals surface area contributed by atoms with E-state index in [1.165, 1.54) is 12.1 Å². The first-order chi connectivity index (χ1) is 10.1. The average molecular weight is 291 g/mol. The average Bonchev–Trinajstić information content (AvgIpc) is 2.53. The first-order valence-corrected chi connectivity index (χ1v) is 7.36. The van der Waals surface area contributed by atoms with Crippen molar-refractivity contribution >= 4 is 11.6 Å². The van der Waals surface area contributed by atoms with E-state index in [-0.39, 0.29) is 11.6 Å². The zero-order valence-corrected chi connectivity index (χ0v) is 12.2. The van der Waals surface area contributed by atoms with Crippen molar-refractivity contribution in [3.05, 3.63) is 39.9 Å².